The van der Waals surface area contributed by atoms with Gasteiger partial charge in [0, 0.05) is 0 Å². The molecule has 0 amide bonds. The Kier molecular flexibility index (Phi) is 6.12. The quantitative estimate of drug-likeness (QED) is 0.634. The van der Waals surface area contributed by atoms with Gasteiger partial charge in [0.1, 0.15) is 6.61 Å². The molecule has 1 unspecified atom stereocenters. The number of hydrogen-bond donors (Lipinski definition) is 0. The highest BCUT2D eigenvalue weighted by Crippen LogP contribution is 2.18. The normalized spacial score (nSPS) is 14.5. The van der Waals surface area contributed by atoms with E-state index in [1.165, 1.54) is 0 Å². The van der Waals surface area contributed by atoms with E-state index in [9.17, 15) is 13.2 Å². The molecule has 13 heavy (non-hydrogen) atoms. The van der Waals surface area contributed by atoms with Gasteiger partial charge in [-0.15, -0.1) is 0 Å². The highest BCUT2D eigenvalue weighted by atomic mass is 19.4. The minimum Gasteiger partial charge on any atom is -0.369 e. The molecular weight excluding hydrogens is 181 g/mol. The third-order valence-corrected chi connectivity index (χ3v) is 1.82. The first-order valence-corrected chi connectivity index (χ1v) is 4.68. The molecule has 0 rings (SSSR count). The molecule has 0 aliphatic carbocycles. The van der Waals surface area contributed by atoms with Gasteiger partial charge < -0.3 is 4.74 Å². The third-order valence-electron chi connectivity index (χ3n) is 1.82. The van der Waals surface area contributed by atoms with Gasteiger partial charge in [-0.2, -0.15) is 13.2 Å². The Labute approximate surface area is 77.3 Å². The van der Waals surface area contributed by atoms with Gasteiger partial charge >= 0.3 is 6.18 Å². The van der Waals surface area contributed by atoms with Gasteiger partial charge in [-0.05, 0) is 12.8 Å². The average Bonchev–Trinajstić information content (AvgIpc) is 2.03. The van der Waals surface area contributed by atoms with Crippen molar-refractivity contribution in [1.29, 1.82) is 0 Å². The molecule has 0 fully saturated rings. The lowest BCUT2D eigenvalue weighted by Gasteiger charge is -2.16. The minimum atomic E-state index is -4.19. The maximum absolute atomic E-state index is 11.7. The van der Waals surface area contributed by atoms with Crippen LogP contribution in [0.5, 0.6) is 0 Å². The smallest absolute Gasteiger partial charge is 0.369 e. The summed E-state index contributed by atoms with van der Waals surface area (Å²) >= 11 is 0. The van der Waals surface area contributed by atoms with Gasteiger partial charge in [-0.1, -0.05) is 26.7 Å². The van der Waals surface area contributed by atoms with Crippen molar-refractivity contribution >= 4 is 0 Å². The number of rotatable bonds is 6. The largest absolute Gasteiger partial charge is 0.411 e. The summed E-state index contributed by atoms with van der Waals surface area (Å²) in [6, 6.07) is 0. The van der Waals surface area contributed by atoms with Crippen molar-refractivity contribution in [3.63, 3.8) is 0 Å². The third kappa shape index (κ3) is 8.09. The Morgan fingerprint density at radius 2 is 1.85 bits per heavy atom. The lowest BCUT2D eigenvalue weighted by molar-refractivity contribution is -0.186. The molecule has 4 heteroatoms. The molecule has 0 saturated heterocycles. The number of halogens is 3. The Hall–Kier alpha value is -0.250. The van der Waals surface area contributed by atoms with Crippen molar-refractivity contribution in [1.82, 2.24) is 0 Å². The van der Waals surface area contributed by atoms with Crippen LogP contribution in [0, 0.1) is 0 Å². The van der Waals surface area contributed by atoms with Crippen LogP contribution in [0.4, 0.5) is 13.2 Å². The van der Waals surface area contributed by atoms with Crippen LogP contribution in [0.2, 0.25) is 0 Å². The Morgan fingerprint density at radius 3 is 2.23 bits per heavy atom. The molecule has 0 spiro atoms. The summed E-state index contributed by atoms with van der Waals surface area (Å²) in [5.41, 5.74) is 0. The lowest BCUT2D eigenvalue weighted by atomic mass is 10.1. The summed E-state index contributed by atoms with van der Waals surface area (Å²) in [4.78, 5) is 0. The molecule has 0 saturated carbocycles. The van der Waals surface area contributed by atoms with E-state index in [0.29, 0.717) is 6.42 Å². The number of unbranched alkanes of at least 4 members (excludes halogenated alkanes) is 1. The van der Waals surface area contributed by atoms with Crippen LogP contribution >= 0.6 is 0 Å². The molecule has 0 aromatic carbocycles. The van der Waals surface area contributed by atoms with Gasteiger partial charge in [0.15, 0.2) is 0 Å². The summed E-state index contributed by atoms with van der Waals surface area (Å²) in [5.74, 6) is 0. The molecule has 0 heterocycles. The predicted molar refractivity (Wildman–Crippen MR) is 45.6 cm³/mol. The zero-order valence-electron chi connectivity index (χ0n) is 8.16. The van der Waals surface area contributed by atoms with Crippen LogP contribution in [-0.2, 0) is 4.74 Å². The maximum atomic E-state index is 11.7. The Morgan fingerprint density at radius 1 is 1.23 bits per heavy atom. The molecule has 1 nitrogen and oxygen atoms in total. The highest BCUT2D eigenvalue weighted by molar-refractivity contribution is 4.57. The van der Waals surface area contributed by atoms with Gasteiger partial charge in [0.05, 0.1) is 6.10 Å². The van der Waals surface area contributed by atoms with Gasteiger partial charge in [-0.25, -0.2) is 0 Å². The zero-order chi connectivity index (χ0) is 10.3. The van der Waals surface area contributed by atoms with Crippen molar-refractivity contribution in [2.24, 2.45) is 0 Å². The van der Waals surface area contributed by atoms with E-state index < -0.39 is 12.8 Å². The molecule has 0 aromatic heterocycles. The summed E-state index contributed by atoms with van der Waals surface area (Å²) < 4.78 is 40.0. The minimum absolute atomic E-state index is 0.235. The molecular formula is C9H17F3O. The second-order valence-electron chi connectivity index (χ2n) is 3.10. The molecule has 0 aromatic rings. The second kappa shape index (κ2) is 6.24. The molecule has 0 radical (unpaired) electrons. The van der Waals surface area contributed by atoms with Crippen LogP contribution in [-0.4, -0.2) is 18.9 Å². The monoisotopic (exact) mass is 198 g/mol. The first-order valence-electron chi connectivity index (χ1n) is 4.68. The van der Waals surface area contributed by atoms with Crippen molar-refractivity contribution in [2.45, 2.75) is 51.8 Å². The number of alkyl halides is 3. The van der Waals surface area contributed by atoms with Crippen LogP contribution in [0.25, 0.3) is 0 Å². The SMILES string of the molecule is CCCCC(CC)OCC(F)(F)F. The van der Waals surface area contributed by atoms with E-state index in [-0.39, 0.29) is 6.10 Å². The molecule has 0 bridgehead atoms. The Bertz CT molecular complexity index is 123. The van der Waals surface area contributed by atoms with Gasteiger partial charge in [0.2, 0.25) is 0 Å². The molecule has 0 aliphatic rings. The van der Waals surface area contributed by atoms with E-state index in [2.05, 4.69) is 0 Å². The topological polar surface area (TPSA) is 9.23 Å². The predicted octanol–water partition coefficient (Wildman–Crippen LogP) is 3.53. The van der Waals surface area contributed by atoms with Crippen LogP contribution in [0.3, 0.4) is 0 Å². The fourth-order valence-electron chi connectivity index (χ4n) is 1.05. The van der Waals surface area contributed by atoms with Gasteiger partial charge in [-0.3, -0.25) is 0 Å². The van der Waals surface area contributed by atoms with E-state index in [4.69, 9.17) is 4.74 Å². The van der Waals surface area contributed by atoms with E-state index in [1.807, 2.05) is 13.8 Å². The summed E-state index contributed by atoms with van der Waals surface area (Å²) in [6.45, 7) is 2.74. The fourth-order valence-corrected chi connectivity index (χ4v) is 1.05. The second-order valence-corrected chi connectivity index (χ2v) is 3.10. The van der Waals surface area contributed by atoms with E-state index in [0.717, 1.165) is 19.3 Å². The maximum Gasteiger partial charge on any atom is 0.411 e. The Balaban J connectivity index is 3.59. The zero-order valence-corrected chi connectivity index (χ0v) is 8.16. The summed E-state index contributed by atoms with van der Waals surface area (Å²) in [6.07, 6.45) is -1.14. The van der Waals surface area contributed by atoms with Gasteiger partial charge in [0.25, 0.3) is 0 Å². The summed E-state index contributed by atoms with van der Waals surface area (Å²) in [7, 11) is 0. The van der Waals surface area contributed by atoms with Crippen LogP contribution < -0.4 is 0 Å². The fraction of sp³-hybridized carbons (Fsp3) is 1.00. The highest BCUT2D eigenvalue weighted by Gasteiger charge is 2.28. The van der Waals surface area contributed by atoms with Crippen molar-refractivity contribution in [2.75, 3.05) is 6.61 Å². The average molecular weight is 198 g/mol. The number of ether oxygens (including phenoxy) is 1. The van der Waals surface area contributed by atoms with E-state index in [1.54, 1.807) is 0 Å². The first-order chi connectivity index (χ1) is 5.99. The van der Waals surface area contributed by atoms with Crippen molar-refractivity contribution in [3.05, 3.63) is 0 Å². The van der Waals surface area contributed by atoms with Crippen LogP contribution in [0.15, 0.2) is 0 Å². The first kappa shape index (κ1) is 12.8. The molecule has 0 aliphatic heterocycles. The van der Waals surface area contributed by atoms with Crippen molar-refractivity contribution < 1.29 is 17.9 Å². The van der Waals surface area contributed by atoms with Crippen LogP contribution in [0.1, 0.15) is 39.5 Å². The lowest BCUT2D eigenvalue weighted by Crippen LogP contribution is -2.22. The standard InChI is InChI=1S/C9H17F3O/c1-3-5-6-8(4-2)13-7-9(10,11)12/h8H,3-7H2,1-2H3. The molecule has 1 atom stereocenters. The summed E-state index contributed by atoms with van der Waals surface area (Å²) in [5, 5.41) is 0. The molecule has 80 valence electrons. The van der Waals surface area contributed by atoms with E-state index >= 15 is 0 Å². The molecule has 0 N–H and O–H groups in total. The van der Waals surface area contributed by atoms with Crippen molar-refractivity contribution in [3.8, 4) is 0 Å². The number of hydrogen-bond acceptors (Lipinski definition) is 1.